The van der Waals surface area contributed by atoms with Crippen LogP contribution in [0.15, 0.2) is 54.9 Å². The number of carbonyl (C=O) groups is 3. The van der Waals surface area contributed by atoms with E-state index in [9.17, 15) is 19.5 Å². The average Bonchev–Trinajstić information content (AvgIpc) is 3.52. The summed E-state index contributed by atoms with van der Waals surface area (Å²) >= 11 is 0. The van der Waals surface area contributed by atoms with Crippen LogP contribution in [0.25, 0.3) is 5.69 Å². The molecule has 0 fully saturated rings. The number of imidazole rings is 1. The molecule has 1 aliphatic rings. The van der Waals surface area contributed by atoms with E-state index in [0.29, 0.717) is 6.54 Å². The number of aromatic nitrogens is 2. The van der Waals surface area contributed by atoms with E-state index in [1.807, 2.05) is 38.2 Å². The largest absolute Gasteiger partial charge is 0.481 e. The first-order valence-corrected chi connectivity index (χ1v) is 12.6. The summed E-state index contributed by atoms with van der Waals surface area (Å²) in [5.41, 5.74) is 0.688. The van der Waals surface area contributed by atoms with Gasteiger partial charge in [0.1, 0.15) is 5.82 Å². The molecule has 41 heavy (non-hydrogen) atoms. The normalized spacial score (nSPS) is 12.9. The molecule has 2 aromatic carbocycles. The molecule has 0 radical (unpaired) electrons. The third-order valence-electron chi connectivity index (χ3n) is 6.10. The summed E-state index contributed by atoms with van der Waals surface area (Å²) in [5, 5.41) is 43.7. The van der Waals surface area contributed by atoms with Gasteiger partial charge in [-0.25, -0.2) is 9.78 Å². The van der Waals surface area contributed by atoms with Crippen molar-refractivity contribution < 1.29 is 49.4 Å². The van der Waals surface area contributed by atoms with Gasteiger partial charge in [-0.3, -0.25) is 14.5 Å². The summed E-state index contributed by atoms with van der Waals surface area (Å²) in [4.78, 5) is 37.0. The van der Waals surface area contributed by atoms with Crippen LogP contribution in [0.1, 0.15) is 36.7 Å². The fourth-order valence-electron chi connectivity index (χ4n) is 4.24. The Labute approximate surface area is 235 Å². The number of aliphatic hydroxyl groups is 2. The molecule has 3 aromatic rings. The van der Waals surface area contributed by atoms with Crippen LogP contribution in [0.4, 0.5) is 0 Å². The third-order valence-corrected chi connectivity index (χ3v) is 6.10. The Bertz CT molecular complexity index is 1340. The van der Waals surface area contributed by atoms with Crippen molar-refractivity contribution in [3.63, 3.8) is 0 Å². The fourth-order valence-corrected chi connectivity index (χ4v) is 4.24. The van der Waals surface area contributed by atoms with Crippen molar-refractivity contribution in [2.24, 2.45) is 0 Å². The van der Waals surface area contributed by atoms with E-state index < -0.39 is 42.5 Å². The number of benzene rings is 2. The van der Waals surface area contributed by atoms with Crippen LogP contribution in [-0.2, 0) is 27.5 Å². The lowest BCUT2D eigenvalue weighted by Gasteiger charge is -2.24. The first-order chi connectivity index (χ1) is 19.4. The molecule has 0 spiro atoms. The first kappa shape index (κ1) is 31.1. The van der Waals surface area contributed by atoms with Crippen LogP contribution < -0.4 is 9.47 Å². The van der Waals surface area contributed by atoms with Crippen LogP contribution in [-0.4, -0.2) is 82.9 Å². The predicted octanol–water partition coefficient (Wildman–Crippen LogP) is 2.04. The minimum atomic E-state index is -2.74. The Balaban J connectivity index is 0.000000302. The molecule has 1 atom stereocenters. The molecular weight excluding hydrogens is 538 g/mol. The summed E-state index contributed by atoms with van der Waals surface area (Å²) in [5.74, 6) is -2.48. The minimum Gasteiger partial charge on any atom is -0.481 e. The molecule has 1 aromatic heterocycles. The first-order valence-electron chi connectivity index (χ1n) is 12.6. The second kappa shape index (κ2) is 13.7. The fraction of sp³-hybridized carbons (Fsp3) is 0.357. The maximum Gasteiger partial charge on any atom is 0.336 e. The maximum absolute atomic E-state index is 10.3. The summed E-state index contributed by atoms with van der Waals surface area (Å²) in [6, 6.07) is 14.5. The van der Waals surface area contributed by atoms with Crippen LogP contribution in [0.2, 0.25) is 0 Å². The number of ether oxygens (including phenoxy) is 2. The van der Waals surface area contributed by atoms with Gasteiger partial charge < -0.3 is 39.6 Å². The average molecular weight is 572 g/mol. The summed E-state index contributed by atoms with van der Waals surface area (Å²) in [6.45, 7) is 6.16. The molecule has 5 N–H and O–H groups in total. The van der Waals surface area contributed by atoms with Crippen LogP contribution in [0, 0.1) is 6.92 Å². The number of aliphatic carboxylic acids is 3. The number of aliphatic hydroxyl groups excluding tert-OH is 1. The second-order valence-electron chi connectivity index (χ2n) is 9.69. The van der Waals surface area contributed by atoms with Gasteiger partial charge in [-0.2, -0.15) is 0 Å². The molecule has 13 heteroatoms. The number of rotatable bonds is 12. The van der Waals surface area contributed by atoms with Crippen molar-refractivity contribution >= 4 is 17.9 Å². The summed E-state index contributed by atoms with van der Waals surface area (Å²) < 4.78 is 12.9. The number of nitrogens with zero attached hydrogens (tertiary/aromatic N) is 3. The number of fused-ring (bicyclic) bond motifs is 1. The third kappa shape index (κ3) is 9.03. The van der Waals surface area contributed by atoms with Gasteiger partial charge in [0.25, 0.3) is 0 Å². The van der Waals surface area contributed by atoms with E-state index >= 15 is 0 Å². The lowest BCUT2D eigenvalue weighted by atomic mass is 9.96. The molecule has 0 amide bonds. The van der Waals surface area contributed by atoms with Gasteiger partial charge in [0.05, 0.1) is 18.9 Å². The number of hydrogen-bond acceptors (Lipinski definition) is 9. The molecule has 220 valence electrons. The van der Waals surface area contributed by atoms with Crippen molar-refractivity contribution in [3.05, 3.63) is 71.8 Å². The van der Waals surface area contributed by atoms with Gasteiger partial charge in [-0.05, 0) is 49.2 Å². The molecule has 1 aliphatic heterocycles. The highest BCUT2D eigenvalue weighted by Gasteiger charge is 2.40. The van der Waals surface area contributed by atoms with E-state index in [1.54, 1.807) is 6.20 Å². The van der Waals surface area contributed by atoms with E-state index in [2.05, 4.69) is 38.7 Å². The van der Waals surface area contributed by atoms with Gasteiger partial charge in [0.2, 0.25) is 6.79 Å². The van der Waals surface area contributed by atoms with E-state index in [4.69, 9.17) is 29.9 Å². The van der Waals surface area contributed by atoms with Crippen LogP contribution >= 0.6 is 0 Å². The standard InChI is InChI=1S/C22H25N3O3.C6H8O7/c1-16(26)12-24(14-19-5-8-21-22(11-19)28-15-27-21)13-18-3-6-20(7-4-18)25-10-9-23-17(25)2;7-3(8)1-6(13,5(11)12)2-4(9)10/h3-11,16,26H,12-15H2,1-2H3;13H,1-2H2,(H,7,8)(H,9,10)(H,11,12). The van der Waals surface area contributed by atoms with Crippen molar-refractivity contribution in [3.8, 4) is 17.2 Å². The van der Waals surface area contributed by atoms with E-state index in [1.165, 1.54) is 5.56 Å². The monoisotopic (exact) mass is 571 g/mol. The maximum atomic E-state index is 10.3. The highest BCUT2D eigenvalue weighted by Crippen LogP contribution is 2.33. The molecule has 2 heterocycles. The zero-order chi connectivity index (χ0) is 30.2. The van der Waals surface area contributed by atoms with Gasteiger partial charge in [0.15, 0.2) is 17.1 Å². The molecule has 0 saturated carbocycles. The number of hydrogen-bond donors (Lipinski definition) is 5. The van der Waals surface area contributed by atoms with Gasteiger partial charge in [0, 0.05) is 37.7 Å². The molecule has 4 rings (SSSR count). The highest BCUT2D eigenvalue weighted by atomic mass is 16.7. The summed E-state index contributed by atoms with van der Waals surface area (Å²) in [7, 11) is 0. The topological polar surface area (TPSA) is 192 Å². The lowest BCUT2D eigenvalue weighted by Crippen LogP contribution is -2.42. The quantitative estimate of drug-likeness (QED) is 0.213. The Morgan fingerprint density at radius 3 is 2.10 bits per heavy atom. The van der Waals surface area contributed by atoms with Crippen LogP contribution in [0.5, 0.6) is 11.5 Å². The van der Waals surface area contributed by atoms with Gasteiger partial charge in [-0.1, -0.05) is 18.2 Å². The van der Waals surface area contributed by atoms with Gasteiger partial charge in [-0.15, -0.1) is 0 Å². The molecule has 1 unspecified atom stereocenters. The Morgan fingerprint density at radius 2 is 1.56 bits per heavy atom. The minimum absolute atomic E-state index is 0.277. The van der Waals surface area contributed by atoms with Crippen molar-refractivity contribution in [1.29, 1.82) is 0 Å². The smallest absolute Gasteiger partial charge is 0.336 e. The summed E-state index contributed by atoms with van der Waals surface area (Å²) in [6.07, 6.45) is 1.08. The number of aryl methyl sites for hydroxylation is 1. The highest BCUT2D eigenvalue weighted by molar-refractivity contribution is 5.88. The Morgan fingerprint density at radius 1 is 0.976 bits per heavy atom. The molecular formula is C28H33N3O10. The molecule has 0 aliphatic carbocycles. The Kier molecular flexibility index (Phi) is 10.4. The molecule has 13 nitrogen and oxygen atoms in total. The molecule has 0 saturated heterocycles. The predicted molar refractivity (Wildman–Crippen MR) is 144 cm³/mol. The van der Waals surface area contributed by atoms with E-state index in [0.717, 1.165) is 41.7 Å². The van der Waals surface area contributed by atoms with Crippen molar-refractivity contribution in [1.82, 2.24) is 14.5 Å². The number of carboxylic acids is 3. The van der Waals surface area contributed by atoms with Gasteiger partial charge >= 0.3 is 17.9 Å². The van der Waals surface area contributed by atoms with E-state index in [-0.39, 0.29) is 6.79 Å². The van der Waals surface area contributed by atoms with Crippen molar-refractivity contribution in [2.75, 3.05) is 13.3 Å². The Hall–Kier alpha value is -4.46. The zero-order valence-corrected chi connectivity index (χ0v) is 22.6. The molecule has 0 bridgehead atoms. The van der Waals surface area contributed by atoms with Crippen molar-refractivity contribution in [2.45, 2.75) is 51.5 Å². The lowest BCUT2D eigenvalue weighted by molar-refractivity contribution is -0.170. The SMILES string of the molecule is Cc1nccn1-c1ccc(CN(Cc2ccc3c(c2)OCO3)CC(C)O)cc1.O=C(O)CC(O)(CC(=O)O)C(=O)O. The van der Waals surface area contributed by atoms with Crippen LogP contribution in [0.3, 0.4) is 0 Å². The number of carboxylic acid groups (broad SMARTS) is 3. The zero-order valence-electron chi connectivity index (χ0n) is 22.6. The second-order valence-corrected chi connectivity index (χ2v) is 9.69.